The summed E-state index contributed by atoms with van der Waals surface area (Å²) in [4.78, 5) is 27.6. The van der Waals surface area contributed by atoms with Gasteiger partial charge in [-0.3, -0.25) is 14.9 Å². The molecule has 2 atom stereocenters. The number of aliphatic hydroxyl groups excluding tert-OH is 1. The van der Waals surface area contributed by atoms with Crippen molar-refractivity contribution in [3.8, 4) is 0 Å². The SMILES string of the molecule is O=C(NC1CCC(O)CC1)[C@H](Cc1ccccc1)NC1(Cc2cccc(Cl)c2)C(=O)Nc2cc(Cl)ccc21. The van der Waals surface area contributed by atoms with Crippen LogP contribution in [-0.4, -0.2) is 35.1 Å². The molecule has 1 aliphatic heterocycles. The number of carbonyl (C=O) groups is 2. The number of aliphatic hydroxyl groups is 1. The van der Waals surface area contributed by atoms with Crippen LogP contribution in [0.4, 0.5) is 5.69 Å². The molecule has 1 fully saturated rings. The number of nitrogens with one attached hydrogen (secondary N) is 3. The summed E-state index contributed by atoms with van der Waals surface area (Å²) in [5.41, 5.74) is 1.98. The van der Waals surface area contributed by atoms with E-state index in [-0.39, 0.29) is 24.0 Å². The van der Waals surface area contributed by atoms with Crippen molar-refractivity contribution in [2.24, 2.45) is 0 Å². The summed E-state index contributed by atoms with van der Waals surface area (Å²) in [7, 11) is 0. The number of anilines is 1. The van der Waals surface area contributed by atoms with Gasteiger partial charge in [0.2, 0.25) is 11.8 Å². The summed E-state index contributed by atoms with van der Waals surface area (Å²) in [5, 5.41) is 20.7. The van der Waals surface area contributed by atoms with Crippen molar-refractivity contribution in [1.82, 2.24) is 10.6 Å². The minimum absolute atomic E-state index is 0.0154. The van der Waals surface area contributed by atoms with E-state index >= 15 is 0 Å². The van der Waals surface area contributed by atoms with Crippen molar-refractivity contribution in [1.29, 1.82) is 0 Å². The number of hydrogen-bond donors (Lipinski definition) is 4. The maximum atomic E-state index is 13.8. The van der Waals surface area contributed by atoms with Crippen LogP contribution in [0.25, 0.3) is 0 Å². The molecule has 0 spiro atoms. The van der Waals surface area contributed by atoms with Crippen molar-refractivity contribution in [3.05, 3.63) is 99.5 Å². The van der Waals surface area contributed by atoms with E-state index in [9.17, 15) is 14.7 Å². The topological polar surface area (TPSA) is 90.5 Å². The Labute approximate surface area is 232 Å². The highest BCUT2D eigenvalue weighted by atomic mass is 35.5. The number of fused-ring (bicyclic) bond motifs is 1. The Bertz CT molecular complexity index is 1310. The van der Waals surface area contributed by atoms with Crippen molar-refractivity contribution >= 4 is 40.7 Å². The third-order valence-corrected chi connectivity index (χ3v) is 7.97. The molecule has 2 amide bonds. The second kappa shape index (κ2) is 11.5. The van der Waals surface area contributed by atoms with Gasteiger partial charge in [-0.2, -0.15) is 0 Å². The fraction of sp³-hybridized carbons (Fsp3) is 0.333. The lowest BCUT2D eigenvalue weighted by atomic mass is 9.83. The first kappa shape index (κ1) is 26.7. The molecule has 0 aromatic heterocycles. The second-order valence-corrected chi connectivity index (χ2v) is 11.1. The third-order valence-electron chi connectivity index (χ3n) is 7.50. The average Bonchev–Trinajstić information content (AvgIpc) is 3.15. The van der Waals surface area contributed by atoms with Crippen molar-refractivity contribution in [2.75, 3.05) is 5.32 Å². The molecule has 4 N–H and O–H groups in total. The molecule has 0 saturated heterocycles. The van der Waals surface area contributed by atoms with Gasteiger partial charge >= 0.3 is 0 Å². The molecule has 0 radical (unpaired) electrons. The Morgan fingerprint density at radius 1 is 0.947 bits per heavy atom. The predicted molar refractivity (Wildman–Crippen MR) is 150 cm³/mol. The Balaban J connectivity index is 1.51. The summed E-state index contributed by atoms with van der Waals surface area (Å²) in [5.74, 6) is -0.419. The van der Waals surface area contributed by atoms with Crippen LogP contribution in [0.1, 0.15) is 42.4 Å². The number of rotatable bonds is 8. The molecule has 1 saturated carbocycles. The molecule has 1 unspecified atom stereocenters. The van der Waals surface area contributed by atoms with Gasteiger partial charge in [0, 0.05) is 33.8 Å². The van der Waals surface area contributed by atoms with Gasteiger partial charge in [0.1, 0.15) is 5.54 Å². The molecule has 1 aliphatic carbocycles. The Morgan fingerprint density at radius 2 is 1.66 bits per heavy atom. The van der Waals surface area contributed by atoms with Crippen LogP contribution in [-0.2, 0) is 28.0 Å². The average molecular weight is 553 g/mol. The van der Waals surface area contributed by atoms with E-state index in [1.54, 1.807) is 18.2 Å². The highest BCUT2D eigenvalue weighted by molar-refractivity contribution is 6.31. The molecule has 198 valence electrons. The Hall–Kier alpha value is -2.90. The molecule has 38 heavy (non-hydrogen) atoms. The highest BCUT2D eigenvalue weighted by Crippen LogP contribution is 2.40. The monoisotopic (exact) mass is 551 g/mol. The lowest BCUT2D eigenvalue weighted by molar-refractivity contribution is -0.127. The minimum atomic E-state index is -1.22. The van der Waals surface area contributed by atoms with Crippen LogP contribution in [0.2, 0.25) is 10.0 Å². The normalized spacial score (nSPS) is 23.4. The van der Waals surface area contributed by atoms with Crippen LogP contribution in [0.15, 0.2) is 72.8 Å². The summed E-state index contributed by atoms with van der Waals surface area (Å²) in [6, 6.07) is 21.8. The fourth-order valence-electron chi connectivity index (χ4n) is 5.54. The van der Waals surface area contributed by atoms with Gasteiger partial charge in [-0.1, -0.05) is 71.7 Å². The van der Waals surface area contributed by atoms with E-state index in [4.69, 9.17) is 23.2 Å². The molecular weight excluding hydrogens is 521 g/mol. The number of carbonyl (C=O) groups excluding carboxylic acids is 2. The Morgan fingerprint density at radius 3 is 2.39 bits per heavy atom. The quantitative estimate of drug-likeness (QED) is 0.317. The zero-order valence-corrected chi connectivity index (χ0v) is 22.4. The van der Waals surface area contributed by atoms with E-state index in [1.807, 2.05) is 54.6 Å². The summed E-state index contributed by atoms with van der Waals surface area (Å²) in [6.45, 7) is 0. The predicted octanol–water partition coefficient (Wildman–Crippen LogP) is 5.00. The zero-order chi connectivity index (χ0) is 26.7. The smallest absolute Gasteiger partial charge is 0.249 e. The van der Waals surface area contributed by atoms with Crippen molar-refractivity contribution in [2.45, 2.75) is 62.3 Å². The third kappa shape index (κ3) is 5.89. The molecular formula is C30H31Cl2N3O3. The summed E-state index contributed by atoms with van der Waals surface area (Å²) >= 11 is 12.6. The van der Waals surface area contributed by atoms with Crippen LogP contribution in [0.3, 0.4) is 0 Å². The fourth-order valence-corrected chi connectivity index (χ4v) is 5.93. The molecule has 8 heteroatoms. The van der Waals surface area contributed by atoms with Crippen LogP contribution in [0, 0.1) is 0 Å². The van der Waals surface area contributed by atoms with E-state index in [0.29, 0.717) is 41.4 Å². The maximum Gasteiger partial charge on any atom is 0.249 e. The van der Waals surface area contributed by atoms with Gasteiger partial charge in [-0.05, 0) is 67.5 Å². The van der Waals surface area contributed by atoms with Crippen LogP contribution >= 0.6 is 23.2 Å². The van der Waals surface area contributed by atoms with E-state index < -0.39 is 11.6 Å². The molecule has 3 aromatic rings. The number of benzene rings is 3. The standard InChI is InChI=1S/C30H31Cl2N3O3/c31-21-8-4-7-20(15-21)18-30(25-14-9-22(32)17-26(25)34-29(30)38)35-27(16-19-5-2-1-3-6-19)28(37)33-23-10-12-24(36)13-11-23/h1-9,14-15,17,23-24,27,35-36H,10-13,16,18H2,(H,33,37)(H,34,38)/t23?,24?,27-,30?/m0/s1. The van der Waals surface area contributed by atoms with Gasteiger partial charge in [-0.15, -0.1) is 0 Å². The van der Waals surface area contributed by atoms with Crippen LogP contribution in [0.5, 0.6) is 0 Å². The lowest BCUT2D eigenvalue weighted by Gasteiger charge is -2.35. The van der Waals surface area contributed by atoms with E-state index in [1.165, 1.54) is 0 Å². The number of halogens is 2. The van der Waals surface area contributed by atoms with Crippen molar-refractivity contribution < 1.29 is 14.7 Å². The minimum Gasteiger partial charge on any atom is -0.393 e. The maximum absolute atomic E-state index is 13.8. The highest BCUT2D eigenvalue weighted by Gasteiger charge is 2.49. The first-order valence-electron chi connectivity index (χ1n) is 13.0. The number of hydrogen-bond acceptors (Lipinski definition) is 4. The summed E-state index contributed by atoms with van der Waals surface area (Å²) < 4.78 is 0. The first-order valence-corrected chi connectivity index (χ1v) is 13.7. The van der Waals surface area contributed by atoms with Gasteiger partial charge < -0.3 is 15.7 Å². The van der Waals surface area contributed by atoms with E-state index in [2.05, 4.69) is 16.0 Å². The molecule has 2 aliphatic rings. The zero-order valence-electron chi connectivity index (χ0n) is 20.9. The summed E-state index contributed by atoms with van der Waals surface area (Å²) in [6.07, 6.45) is 3.15. The molecule has 3 aromatic carbocycles. The number of amides is 2. The van der Waals surface area contributed by atoms with Gasteiger partial charge in [0.05, 0.1) is 12.1 Å². The van der Waals surface area contributed by atoms with Gasteiger partial charge in [-0.25, -0.2) is 0 Å². The Kier molecular flexibility index (Phi) is 8.05. The lowest BCUT2D eigenvalue weighted by Crippen LogP contribution is -2.59. The molecule has 1 heterocycles. The van der Waals surface area contributed by atoms with E-state index in [0.717, 1.165) is 29.5 Å². The molecule has 0 bridgehead atoms. The van der Waals surface area contributed by atoms with Crippen molar-refractivity contribution in [3.63, 3.8) is 0 Å². The largest absolute Gasteiger partial charge is 0.393 e. The molecule has 6 nitrogen and oxygen atoms in total. The van der Waals surface area contributed by atoms with Gasteiger partial charge in [0.25, 0.3) is 0 Å². The second-order valence-electron chi connectivity index (χ2n) is 10.3. The molecule has 5 rings (SSSR count). The van der Waals surface area contributed by atoms with Gasteiger partial charge in [0.15, 0.2) is 0 Å². The van der Waals surface area contributed by atoms with Crippen LogP contribution < -0.4 is 16.0 Å². The first-order chi connectivity index (χ1) is 18.3.